The lowest BCUT2D eigenvalue weighted by atomic mass is 9.88. The molecule has 2 amide bonds. The Hall–Kier alpha value is -3.68. The van der Waals surface area contributed by atoms with Crippen molar-refractivity contribution in [3.8, 4) is 5.82 Å². The molecule has 1 fully saturated rings. The third-order valence-corrected chi connectivity index (χ3v) is 6.24. The molecule has 0 N–H and O–H groups in total. The van der Waals surface area contributed by atoms with E-state index in [0.717, 1.165) is 17.2 Å². The number of hydrogen-bond acceptors (Lipinski definition) is 5. The number of likely N-dealkylation sites (N-methyl/N-ethyl adjacent to an activating group) is 1. The van der Waals surface area contributed by atoms with Gasteiger partial charge in [0.1, 0.15) is 11.2 Å². The molecule has 5 rings (SSSR count). The summed E-state index contributed by atoms with van der Waals surface area (Å²) in [5.74, 6) is 0.712. The van der Waals surface area contributed by atoms with Crippen molar-refractivity contribution in [3.63, 3.8) is 0 Å². The van der Waals surface area contributed by atoms with Gasteiger partial charge in [0.2, 0.25) is 5.91 Å². The van der Waals surface area contributed by atoms with Crippen molar-refractivity contribution in [2.24, 2.45) is 0 Å². The predicted molar refractivity (Wildman–Crippen MR) is 116 cm³/mol. The Morgan fingerprint density at radius 1 is 1.06 bits per heavy atom. The van der Waals surface area contributed by atoms with Gasteiger partial charge in [-0.25, -0.2) is 4.98 Å². The van der Waals surface area contributed by atoms with Crippen LogP contribution in [0.5, 0.6) is 0 Å². The van der Waals surface area contributed by atoms with Crippen LogP contribution >= 0.6 is 0 Å². The molecule has 0 unspecified atom stereocenters. The molecule has 0 saturated carbocycles. The van der Waals surface area contributed by atoms with Crippen molar-refractivity contribution >= 4 is 17.5 Å². The van der Waals surface area contributed by atoms with Gasteiger partial charge in [0.25, 0.3) is 5.91 Å². The van der Waals surface area contributed by atoms with E-state index in [9.17, 15) is 9.59 Å². The molecule has 158 valence electrons. The Labute approximate surface area is 180 Å². The number of amides is 2. The van der Waals surface area contributed by atoms with E-state index in [1.165, 1.54) is 0 Å². The minimum atomic E-state index is -0.518. The van der Waals surface area contributed by atoms with E-state index in [-0.39, 0.29) is 18.4 Å². The highest BCUT2D eigenvalue weighted by molar-refractivity contribution is 5.93. The first-order valence-corrected chi connectivity index (χ1v) is 10.3. The zero-order chi connectivity index (χ0) is 21.6. The summed E-state index contributed by atoms with van der Waals surface area (Å²) in [7, 11) is 3.52. The Morgan fingerprint density at radius 2 is 1.90 bits per heavy atom. The number of hydrogen-bond donors (Lipinski definition) is 0. The molecule has 8 nitrogen and oxygen atoms in total. The van der Waals surface area contributed by atoms with Gasteiger partial charge in [-0.1, -0.05) is 6.07 Å². The van der Waals surface area contributed by atoms with Crippen LogP contribution in [0.4, 0.5) is 5.69 Å². The first kappa shape index (κ1) is 19.3. The van der Waals surface area contributed by atoms with Crippen molar-refractivity contribution in [2.75, 3.05) is 38.6 Å². The second-order valence-electron chi connectivity index (χ2n) is 8.21. The lowest BCUT2D eigenvalue weighted by Gasteiger charge is -2.46. The second-order valence-corrected chi connectivity index (χ2v) is 8.21. The van der Waals surface area contributed by atoms with Crippen molar-refractivity contribution in [3.05, 3.63) is 72.4 Å². The molecule has 1 atom stereocenters. The quantitative estimate of drug-likeness (QED) is 0.652. The number of aromatic nitrogens is 3. The smallest absolute Gasteiger partial charge is 0.272 e. The summed E-state index contributed by atoms with van der Waals surface area (Å²) >= 11 is 0. The molecule has 5 heterocycles. The normalized spacial score (nSPS) is 19.3. The lowest BCUT2D eigenvalue weighted by molar-refractivity contribution is -0.127. The van der Waals surface area contributed by atoms with Crippen LogP contribution in [-0.4, -0.2) is 69.9 Å². The molecular formula is C23H24N6O2. The fourth-order valence-corrected chi connectivity index (χ4v) is 4.66. The molecule has 0 aromatic carbocycles. The minimum absolute atomic E-state index is 0.00341. The number of likely N-dealkylation sites (tertiary alicyclic amines) is 1. The molecule has 0 bridgehead atoms. The molecule has 8 heteroatoms. The van der Waals surface area contributed by atoms with Crippen LogP contribution in [-0.2, 0) is 10.3 Å². The van der Waals surface area contributed by atoms with E-state index < -0.39 is 5.54 Å². The standard InChI is InChI=1S/C23H24N6O2/c1-26(2)20(30)15-29-18-8-5-12-25-21(18)28-13-6-9-19(28)23(29)10-14-27(16-23)22(31)17-7-3-4-11-24-17/h3-9,11-13H,10,14-16H2,1-2H3/t23-/m1/s1. The predicted octanol–water partition coefficient (Wildman–Crippen LogP) is 1.92. The first-order chi connectivity index (χ1) is 15.0. The number of pyridine rings is 2. The van der Waals surface area contributed by atoms with Crippen molar-refractivity contribution < 1.29 is 9.59 Å². The van der Waals surface area contributed by atoms with Crippen LogP contribution in [0.1, 0.15) is 22.6 Å². The second kappa shape index (κ2) is 7.23. The summed E-state index contributed by atoms with van der Waals surface area (Å²) in [4.78, 5) is 40.4. The summed E-state index contributed by atoms with van der Waals surface area (Å²) in [6.45, 7) is 1.27. The van der Waals surface area contributed by atoms with Gasteiger partial charge in [0, 0.05) is 45.8 Å². The minimum Gasteiger partial charge on any atom is -0.347 e. The van der Waals surface area contributed by atoms with Gasteiger partial charge < -0.3 is 19.3 Å². The molecule has 0 radical (unpaired) electrons. The highest BCUT2D eigenvalue weighted by Gasteiger charge is 2.51. The van der Waals surface area contributed by atoms with E-state index >= 15 is 0 Å². The molecule has 3 aromatic rings. The fraction of sp³-hybridized carbons (Fsp3) is 0.304. The molecule has 3 aromatic heterocycles. The first-order valence-electron chi connectivity index (χ1n) is 10.3. The van der Waals surface area contributed by atoms with Gasteiger partial charge in [0.15, 0.2) is 5.82 Å². The number of carbonyl (C=O) groups is 2. The van der Waals surface area contributed by atoms with Crippen LogP contribution < -0.4 is 4.90 Å². The van der Waals surface area contributed by atoms with Crippen molar-refractivity contribution in [1.29, 1.82) is 0 Å². The summed E-state index contributed by atoms with van der Waals surface area (Å²) in [6.07, 6.45) is 6.11. The SMILES string of the molecule is CN(C)C(=O)CN1c2cccnc2-n2cccc2[C@]12CCN(C(=O)c1ccccn1)C2. The summed E-state index contributed by atoms with van der Waals surface area (Å²) in [6, 6.07) is 13.3. The zero-order valence-electron chi connectivity index (χ0n) is 17.6. The summed E-state index contributed by atoms with van der Waals surface area (Å²) < 4.78 is 2.08. The van der Waals surface area contributed by atoms with E-state index in [1.807, 2.05) is 35.4 Å². The van der Waals surface area contributed by atoms with Gasteiger partial charge >= 0.3 is 0 Å². The fourth-order valence-electron chi connectivity index (χ4n) is 4.66. The lowest BCUT2D eigenvalue weighted by Crippen LogP contribution is -2.55. The third-order valence-electron chi connectivity index (χ3n) is 6.24. The third kappa shape index (κ3) is 2.98. The summed E-state index contributed by atoms with van der Waals surface area (Å²) in [5, 5.41) is 0. The van der Waals surface area contributed by atoms with Gasteiger partial charge in [-0.15, -0.1) is 0 Å². The Bertz CT molecular complexity index is 1140. The zero-order valence-corrected chi connectivity index (χ0v) is 17.6. The van der Waals surface area contributed by atoms with Gasteiger partial charge in [-0.05, 0) is 42.8 Å². The maximum atomic E-state index is 13.2. The highest BCUT2D eigenvalue weighted by Crippen LogP contribution is 2.47. The number of carbonyl (C=O) groups excluding carboxylic acids is 2. The average Bonchev–Trinajstić information content (AvgIpc) is 3.45. The molecule has 31 heavy (non-hydrogen) atoms. The van der Waals surface area contributed by atoms with Crippen LogP contribution in [0.25, 0.3) is 5.82 Å². The average molecular weight is 416 g/mol. The largest absolute Gasteiger partial charge is 0.347 e. The highest BCUT2D eigenvalue weighted by atomic mass is 16.2. The van der Waals surface area contributed by atoms with Crippen LogP contribution in [0.2, 0.25) is 0 Å². The molecule has 2 aliphatic heterocycles. The van der Waals surface area contributed by atoms with Crippen LogP contribution in [0.15, 0.2) is 61.1 Å². The van der Waals surface area contributed by atoms with Gasteiger partial charge in [-0.3, -0.25) is 14.6 Å². The number of anilines is 1. The maximum Gasteiger partial charge on any atom is 0.272 e. The Morgan fingerprint density at radius 3 is 2.68 bits per heavy atom. The van der Waals surface area contributed by atoms with Gasteiger partial charge in [-0.2, -0.15) is 0 Å². The Balaban J connectivity index is 1.59. The Kier molecular flexibility index (Phi) is 4.50. The van der Waals surface area contributed by atoms with Crippen molar-refractivity contribution in [2.45, 2.75) is 12.0 Å². The number of fused-ring (bicyclic) bond motifs is 4. The monoisotopic (exact) mass is 416 g/mol. The number of nitrogens with zero attached hydrogens (tertiary/aromatic N) is 6. The van der Waals surface area contributed by atoms with E-state index in [4.69, 9.17) is 0 Å². The van der Waals surface area contributed by atoms with E-state index in [1.54, 1.807) is 43.5 Å². The molecular weight excluding hydrogens is 392 g/mol. The number of rotatable bonds is 3. The molecule has 0 aliphatic carbocycles. The molecule has 2 aliphatic rings. The molecule has 1 saturated heterocycles. The van der Waals surface area contributed by atoms with E-state index in [0.29, 0.717) is 25.2 Å². The van der Waals surface area contributed by atoms with E-state index in [2.05, 4.69) is 25.5 Å². The van der Waals surface area contributed by atoms with Crippen LogP contribution in [0.3, 0.4) is 0 Å². The maximum absolute atomic E-state index is 13.2. The van der Waals surface area contributed by atoms with Crippen LogP contribution in [0, 0.1) is 0 Å². The van der Waals surface area contributed by atoms with Gasteiger partial charge in [0.05, 0.1) is 17.9 Å². The summed E-state index contributed by atoms with van der Waals surface area (Å²) in [5.41, 5.74) is 1.86. The topological polar surface area (TPSA) is 74.6 Å². The molecule has 1 spiro atoms. The van der Waals surface area contributed by atoms with Crippen molar-refractivity contribution in [1.82, 2.24) is 24.3 Å².